The van der Waals surface area contributed by atoms with Crippen molar-refractivity contribution >= 4 is 40.5 Å². The van der Waals surface area contributed by atoms with Gasteiger partial charge in [-0.25, -0.2) is 4.39 Å². The highest BCUT2D eigenvalue weighted by Crippen LogP contribution is 2.47. The van der Waals surface area contributed by atoms with Crippen LogP contribution >= 0.6 is 12.2 Å². The molecule has 36 heavy (non-hydrogen) atoms. The van der Waals surface area contributed by atoms with E-state index in [0.29, 0.717) is 19.3 Å². The number of nitrogens with one attached hydrogen (secondary N) is 1. The third-order valence-electron chi connectivity index (χ3n) is 6.75. The molecule has 4 rings (SSSR count). The number of anilines is 2. The second kappa shape index (κ2) is 9.17. The molecule has 1 aliphatic carbocycles. The fraction of sp³-hybridized carbons (Fsp3) is 0.360. The zero-order valence-electron chi connectivity index (χ0n) is 19.4. The summed E-state index contributed by atoms with van der Waals surface area (Å²) in [5, 5.41) is 11.4. The Balaban J connectivity index is 1.87. The number of nitrogens with zero attached hydrogens (tertiary/aromatic N) is 3. The van der Waals surface area contributed by atoms with Crippen LogP contribution in [0.1, 0.15) is 54.1 Å². The van der Waals surface area contributed by atoms with Crippen molar-refractivity contribution in [2.24, 2.45) is 5.92 Å². The Hall–Kier alpha value is -3.52. The predicted molar refractivity (Wildman–Crippen MR) is 129 cm³/mol. The molecular formula is C25H22F4N4O2S. The van der Waals surface area contributed by atoms with Gasteiger partial charge in [0, 0.05) is 12.7 Å². The van der Waals surface area contributed by atoms with E-state index in [0.717, 1.165) is 29.5 Å². The third kappa shape index (κ3) is 4.09. The van der Waals surface area contributed by atoms with Gasteiger partial charge in [0.2, 0.25) is 0 Å². The fourth-order valence-corrected chi connectivity index (χ4v) is 5.61. The highest BCUT2D eigenvalue weighted by molar-refractivity contribution is 7.81. The molecule has 6 nitrogen and oxygen atoms in total. The summed E-state index contributed by atoms with van der Waals surface area (Å²) in [6.07, 6.45) is -2.56. The van der Waals surface area contributed by atoms with Gasteiger partial charge in [0.05, 0.1) is 28.4 Å². The molecule has 188 valence electrons. The Kier molecular flexibility index (Phi) is 6.51. The first kappa shape index (κ1) is 25.6. The van der Waals surface area contributed by atoms with Gasteiger partial charge in [-0.05, 0) is 67.4 Å². The second-order valence-electron chi connectivity index (χ2n) is 9.07. The third-order valence-corrected chi connectivity index (χ3v) is 7.12. The van der Waals surface area contributed by atoms with Crippen LogP contribution in [0.25, 0.3) is 0 Å². The van der Waals surface area contributed by atoms with Gasteiger partial charge in [0.25, 0.3) is 11.8 Å². The quantitative estimate of drug-likeness (QED) is 0.449. The van der Waals surface area contributed by atoms with Crippen molar-refractivity contribution in [2.75, 3.05) is 16.8 Å². The number of carbonyl (C=O) groups is 2. The Morgan fingerprint density at radius 3 is 2.50 bits per heavy atom. The van der Waals surface area contributed by atoms with Crippen molar-refractivity contribution in [3.8, 4) is 6.07 Å². The van der Waals surface area contributed by atoms with E-state index >= 15 is 0 Å². The van der Waals surface area contributed by atoms with Gasteiger partial charge in [0.1, 0.15) is 11.4 Å². The molecule has 2 amide bonds. The number of thiocarbonyl (C=S) groups is 1. The van der Waals surface area contributed by atoms with Crippen LogP contribution in [-0.4, -0.2) is 29.5 Å². The Morgan fingerprint density at radius 2 is 1.92 bits per heavy atom. The van der Waals surface area contributed by atoms with Gasteiger partial charge in [0.15, 0.2) is 5.11 Å². The lowest BCUT2D eigenvalue weighted by atomic mass is 9.75. The van der Waals surface area contributed by atoms with Crippen LogP contribution in [0.3, 0.4) is 0 Å². The average Bonchev–Trinajstić information content (AvgIpc) is 3.02. The summed E-state index contributed by atoms with van der Waals surface area (Å²) in [7, 11) is 1.37. The minimum Gasteiger partial charge on any atom is -0.355 e. The molecule has 11 heteroatoms. The molecule has 1 aliphatic heterocycles. The zero-order valence-corrected chi connectivity index (χ0v) is 20.3. The number of halogens is 4. The molecule has 2 fully saturated rings. The molecule has 1 N–H and O–H groups in total. The number of alkyl halides is 3. The van der Waals surface area contributed by atoms with Crippen LogP contribution in [0.15, 0.2) is 36.4 Å². The lowest BCUT2D eigenvalue weighted by Crippen LogP contribution is -2.52. The highest BCUT2D eigenvalue weighted by atomic mass is 32.1. The Morgan fingerprint density at radius 1 is 1.22 bits per heavy atom. The number of amides is 2. The van der Waals surface area contributed by atoms with Crippen molar-refractivity contribution in [3.05, 3.63) is 58.9 Å². The molecule has 1 saturated carbocycles. The SMILES string of the molecule is CNC(=O)c1ccc(N2C(=S)N(c3ccc(C#N)c(C(F)(F)F)c3)C(=O)C23CCC[C@H](C)C3)cc1F. The van der Waals surface area contributed by atoms with Crippen LogP contribution in [-0.2, 0) is 11.0 Å². The second-order valence-corrected chi connectivity index (χ2v) is 9.44. The summed E-state index contributed by atoms with van der Waals surface area (Å²) in [5.41, 5.74) is -3.07. The molecule has 1 spiro atoms. The normalized spacial score (nSPS) is 22.2. The molecule has 2 aromatic rings. The highest BCUT2D eigenvalue weighted by Gasteiger charge is 2.57. The number of hydrogen-bond donors (Lipinski definition) is 1. The molecular weight excluding hydrogens is 496 g/mol. The Bertz CT molecular complexity index is 1310. The van der Waals surface area contributed by atoms with Gasteiger partial charge in [-0.1, -0.05) is 19.8 Å². The van der Waals surface area contributed by atoms with Crippen LogP contribution in [0.4, 0.5) is 28.9 Å². The number of nitriles is 1. The van der Waals surface area contributed by atoms with E-state index in [1.165, 1.54) is 36.2 Å². The first-order valence-electron chi connectivity index (χ1n) is 11.3. The van der Waals surface area contributed by atoms with Crippen molar-refractivity contribution in [1.82, 2.24) is 5.32 Å². The van der Waals surface area contributed by atoms with Crippen molar-refractivity contribution < 1.29 is 27.2 Å². The maximum Gasteiger partial charge on any atom is 0.417 e. The summed E-state index contributed by atoms with van der Waals surface area (Å²) >= 11 is 5.63. The first-order valence-corrected chi connectivity index (χ1v) is 11.7. The van der Waals surface area contributed by atoms with Crippen molar-refractivity contribution in [2.45, 2.75) is 44.3 Å². The van der Waals surface area contributed by atoms with Crippen molar-refractivity contribution in [3.63, 3.8) is 0 Å². The molecule has 1 saturated heterocycles. The van der Waals surface area contributed by atoms with E-state index < -0.39 is 40.5 Å². The maximum atomic E-state index is 14.9. The lowest BCUT2D eigenvalue weighted by Gasteiger charge is -2.41. The molecule has 1 unspecified atom stereocenters. The molecule has 1 heterocycles. The van der Waals surface area contributed by atoms with Crippen LogP contribution in [0.2, 0.25) is 0 Å². The van der Waals surface area contributed by atoms with Gasteiger partial charge in [-0.15, -0.1) is 0 Å². The van der Waals surface area contributed by atoms with E-state index in [1.54, 1.807) is 0 Å². The molecule has 2 aliphatic rings. The monoisotopic (exact) mass is 518 g/mol. The predicted octanol–water partition coefficient (Wildman–Crippen LogP) is 5.16. The van der Waals surface area contributed by atoms with E-state index in [4.69, 9.17) is 17.5 Å². The largest absolute Gasteiger partial charge is 0.417 e. The zero-order chi connectivity index (χ0) is 26.4. The Labute approximate surface area is 210 Å². The van der Waals surface area contributed by atoms with Crippen LogP contribution in [0.5, 0.6) is 0 Å². The molecule has 0 aromatic heterocycles. The average molecular weight is 519 g/mol. The first-order chi connectivity index (χ1) is 16.9. The van der Waals surface area contributed by atoms with E-state index in [9.17, 15) is 27.2 Å². The molecule has 2 aromatic carbocycles. The topological polar surface area (TPSA) is 76.4 Å². The summed E-state index contributed by atoms with van der Waals surface area (Å²) in [5.74, 6) is -1.85. The minimum atomic E-state index is -4.82. The van der Waals surface area contributed by atoms with Crippen LogP contribution in [0, 0.1) is 23.1 Å². The number of benzene rings is 2. The molecule has 0 bridgehead atoms. The fourth-order valence-electron chi connectivity index (χ4n) is 5.15. The summed E-state index contributed by atoms with van der Waals surface area (Å²) in [4.78, 5) is 28.4. The van der Waals surface area contributed by atoms with E-state index in [1.807, 2.05) is 6.92 Å². The van der Waals surface area contributed by atoms with Gasteiger partial charge < -0.3 is 10.2 Å². The van der Waals surface area contributed by atoms with E-state index in [-0.39, 0.29) is 28.0 Å². The lowest BCUT2D eigenvalue weighted by molar-refractivity contribution is -0.137. The smallest absolute Gasteiger partial charge is 0.355 e. The van der Waals surface area contributed by atoms with E-state index in [2.05, 4.69) is 5.32 Å². The molecule has 2 atom stereocenters. The number of rotatable bonds is 3. The maximum absolute atomic E-state index is 14.9. The standard InChI is InChI=1S/C25H22F4N4O2S/c1-14-4-3-9-24(12-14)22(35)32(16-6-5-15(13-30)19(10-16)25(27,28)29)23(36)33(24)17-7-8-18(20(26)11-17)21(34)31-2/h5-8,10-11,14H,3-4,9,12H2,1-2H3,(H,31,34)/t14-,24?/m0/s1. The number of carbonyl (C=O) groups excluding carboxylic acids is 2. The summed E-state index contributed by atoms with van der Waals surface area (Å²) < 4.78 is 55.8. The van der Waals surface area contributed by atoms with Gasteiger partial charge in [-0.2, -0.15) is 18.4 Å². The number of hydrogen-bond acceptors (Lipinski definition) is 4. The van der Waals surface area contributed by atoms with Crippen molar-refractivity contribution in [1.29, 1.82) is 5.26 Å². The summed E-state index contributed by atoms with van der Waals surface area (Å²) in [6.45, 7) is 1.97. The van der Waals surface area contributed by atoms with Gasteiger partial charge >= 0.3 is 6.18 Å². The van der Waals surface area contributed by atoms with Gasteiger partial charge in [-0.3, -0.25) is 14.5 Å². The summed E-state index contributed by atoms with van der Waals surface area (Å²) in [6, 6.07) is 8.37. The minimum absolute atomic E-state index is 0.0981. The van der Waals surface area contributed by atoms with Crippen LogP contribution < -0.4 is 15.1 Å². The molecule has 0 radical (unpaired) electrons.